The average Bonchev–Trinajstić information content (AvgIpc) is 2.94. The Kier molecular flexibility index (Phi) is 9.37. The summed E-state index contributed by atoms with van der Waals surface area (Å²) < 4.78 is 62.1. The van der Waals surface area contributed by atoms with Gasteiger partial charge in [-0.3, -0.25) is 13.8 Å². The summed E-state index contributed by atoms with van der Waals surface area (Å²) in [5.41, 5.74) is 2.11. The second kappa shape index (κ2) is 12.6. The predicted molar refractivity (Wildman–Crippen MR) is 166 cm³/mol. The number of methoxy groups -OCH3 is 1. The van der Waals surface area contributed by atoms with Crippen molar-refractivity contribution in [3.63, 3.8) is 0 Å². The van der Waals surface area contributed by atoms with E-state index in [1.165, 1.54) is 55.6 Å². The molecule has 4 aromatic carbocycles. The summed E-state index contributed by atoms with van der Waals surface area (Å²) in [6, 6.07) is 21.0. The van der Waals surface area contributed by atoms with E-state index in [0.29, 0.717) is 16.3 Å². The van der Waals surface area contributed by atoms with E-state index in [-0.39, 0.29) is 31.9 Å². The SMILES string of the molecule is COc1ccc(Cl)cc1N(CC(=O)Nc1ccc(S(=O)(=O)Nc2cccc(Cl)c2C)cc1)S(=O)(=O)c1ccc(C)cc1. The van der Waals surface area contributed by atoms with E-state index in [0.717, 1.165) is 9.87 Å². The molecule has 1 amide bonds. The third-order valence-corrected chi connectivity index (χ3v) is 10.1. The van der Waals surface area contributed by atoms with Crippen LogP contribution in [0.15, 0.2) is 94.7 Å². The van der Waals surface area contributed by atoms with Crippen LogP contribution in [0.5, 0.6) is 5.75 Å². The van der Waals surface area contributed by atoms with Gasteiger partial charge < -0.3 is 10.1 Å². The van der Waals surface area contributed by atoms with Crippen molar-refractivity contribution in [1.29, 1.82) is 0 Å². The summed E-state index contributed by atoms with van der Waals surface area (Å²) in [6.07, 6.45) is 0. The number of benzene rings is 4. The van der Waals surface area contributed by atoms with Gasteiger partial charge in [-0.2, -0.15) is 0 Å². The molecule has 0 aliphatic rings. The first kappa shape index (κ1) is 31.2. The van der Waals surface area contributed by atoms with Crippen LogP contribution in [-0.4, -0.2) is 36.4 Å². The molecule has 2 N–H and O–H groups in total. The van der Waals surface area contributed by atoms with Crippen LogP contribution in [0, 0.1) is 13.8 Å². The van der Waals surface area contributed by atoms with E-state index < -0.39 is 32.5 Å². The van der Waals surface area contributed by atoms with Crippen LogP contribution in [0.4, 0.5) is 17.1 Å². The number of anilines is 3. The molecular weight excluding hydrogens is 621 g/mol. The van der Waals surface area contributed by atoms with Crippen LogP contribution < -0.4 is 19.1 Å². The van der Waals surface area contributed by atoms with Crippen LogP contribution in [0.2, 0.25) is 10.0 Å². The van der Waals surface area contributed by atoms with Crippen molar-refractivity contribution < 1.29 is 26.4 Å². The van der Waals surface area contributed by atoms with Crippen molar-refractivity contribution in [3.05, 3.63) is 106 Å². The molecule has 0 unspecified atom stereocenters. The number of amides is 1. The maximum absolute atomic E-state index is 13.7. The van der Waals surface area contributed by atoms with Gasteiger partial charge in [-0.1, -0.05) is 47.0 Å². The molecule has 220 valence electrons. The monoisotopic (exact) mass is 647 g/mol. The summed E-state index contributed by atoms with van der Waals surface area (Å²) in [5, 5.41) is 3.28. The molecule has 0 aromatic heterocycles. The summed E-state index contributed by atoms with van der Waals surface area (Å²) in [5.74, 6) is -0.490. The van der Waals surface area contributed by atoms with Gasteiger partial charge in [0, 0.05) is 15.7 Å². The molecule has 0 saturated carbocycles. The second-order valence-corrected chi connectivity index (χ2v) is 13.6. The van der Waals surface area contributed by atoms with Crippen LogP contribution in [0.3, 0.4) is 0 Å². The van der Waals surface area contributed by atoms with E-state index in [1.807, 2.05) is 6.92 Å². The third-order valence-electron chi connectivity index (χ3n) is 6.27. The highest BCUT2D eigenvalue weighted by molar-refractivity contribution is 7.93. The second-order valence-electron chi connectivity index (χ2n) is 9.23. The minimum absolute atomic E-state index is 0.0278. The quantitative estimate of drug-likeness (QED) is 0.210. The molecule has 0 spiro atoms. The van der Waals surface area contributed by atoms with Gasteiger partial charge in [-0.05, 0) is 86.1 Å². The maximum Gasteiger partial charge on any atom is 0.264 e. The highest BCUT2D eigenvalue weighted by Crippen LogP contribution is 2.35. The number of nitrogens with zero attached hydrogens (tertiary/aromatic N) is 1. The Morgan fingerprint density at radius 2 is 1.50 bits per heavy atom. The predicted octanol–water partition coefficient (Wildman–Crippen LogP) is 6.25. The molecule has 0 aliphatic heterocycles. The Bertz CT molecular complexity index is 1830. The summed E-state index contributed by atoms with van der Waals surface area (Å²) in [7, 11) is -6.81. The van der Waals surface area contributed by atoms with Crippen LogP contribution >= 0.6 is 23.2 Å². The van der Waals surface area contributed by atoms with Gasteiger partial charge in [-0.15, -0.1) is 0 Å². The van der Waals surface area contributed by atoms with Crippen molar-refractivity contribution in [2.24, 2.45) is 0 Å². The first-order valence-corrected chi connectivity index (χ1v) is 16.1. The van der Waals surface area contributed by atoms with Crippen molar-refractivity contribution in [1.82, 2.24) is 0 Å². The zero-order chi connectivity index (χ0) is 30.7. The van der Waals surface area contributed by atoms with Gasteiger partial charge in [0.15, 0.2) is 0 Å². The zero-order valence-electron chi connectivity index (χ0n) is 22.8. The Hall–Kier alpha value is -3.77. The Morgan fingerprint density at radius 3 is 2.14 bits per heavy atom. The van der Waals surface area contributed by atoms with Crippen LogP contribution in [0.1, 0.15) is 11.1 Å². The van der Waals surface area contributed by atoms with Gasteiger partial charge in [-0.25, -0.2) is 16.8 Å². The highest BCUT2D eigenvalue weighted by Gasteiger charge is 2.30. The number of rotatable bonds is 10. The first-order valence-electron chi connectivity index (χ1n) is 12.4. The number of halogens is 2. The van der Waals surface area contributed by atoms with Crippen molar-refractivity contribution >= 4 is 66.2 Å². The summed E-state index contributed by atoms with van der Waals surface area (Å²) in [6.45, 7) is 2.90. The Labute approximate surface area is 255 Å². The lowest BCUT2D eigenvalue weighted by Crippen LogP contribution is -2.38. The van der Waals surface area contributed by atoms with Gasteiger partial charge in [0.25, 0.3) is 20.0 Å². The number of aryl methyl sites for hydroxylation is 1. The Morgan fingerprint density at radius 1 is 0.857 bits per heavy atom. The minimum Gasteiger partial charge on any atom is -0.495 e. The molecule has 0 saturated heterocycles. The lowest BCUT2D eigenvalue weighted by Gasteiger charge is -2.26. The molecule has 13 heteroatoms. The highest BCUT2D eigenvalue weighted by atomic mass is 35.5. The van der Waals surface area contributed by atoms with Crippen molar-refractivity contribution in [2.45, 2.75) is 23.6 Å². The molecule has 4 rings (SSSR count). The van der Waals surface area contributed by atoms with E-state index in [1.54, 1.807) is 43.3 Å². The van der Waals surface area contributed by atoms with Gasteiger partial charge >= 0.3 is 0 Å². The molecule has 0 atom stereocenters. The number of ether oxygens (including phenoxy) is 1. The topological polar surface area (TPSA) is 122 Å². The zero-order valence-corrected chi connectivity index (χ0v) is 25.9. The van der Waals surface area contributed by atoms with E-state index in [2.05, 4.69) is 10.0 Å². The molecule has 9 nitrogen and oxygen atoms in total. The maximum atomic E-state index is 13.7. The van der Waals surface area contributed by atoms with Crippen molar-refractivity contribution in [3.8, 4) is 5.75 Å². The normalized spacial score (nSPS) is 11.5. The molecule has 0 bridgehead atoms. The van der Waals surface area contributed by atoms with E-state index in [4.69, 9.17) is 27.9 Å². The number of nitrogens with one attached hydrogen (secondary N) is 2. The van der Waals surface area contributed by atoms with Gasteiger partial charge in [0.1, 0.15) is 12.3 Å². The summed E-state index contributed by atoms with van der Waals surface area (Å²) >= 11 is 12.3. The standard InChI is InChI=1S/C29H27Cl2N3O6S2/c1-19-7-12-24(13-8-19)42(38,39)34(27-17-21(30)9-16-28(27)40-3)18-29(35)32-22-10-14-23(15-11-22)41(36,37)33-26-6-4-5-25(31)20(26)2/h4-17,33H,18H2,1-3H3,(H,32,35). The fourth-order valence-electron chi connectivity index (χ4n) is 3.97. The van der Waals surface area contributed by atoms with Gasteiger partial charge in [0.05, 0.1) is 28.3 Å². The van der Waals surface area contributed by atoms with E-state index in [9.17, 15) is 21.6 Å². The molecule has 0 fully saturated rings. The molecule has 0 heterocycles. The molecule has 42 heavy (non-hydrogen) atoms. The first-order chi connectivity index (χ1) is 19.8. The molecule has 0 aliphatic carbocycles. The number of carbonyl (C=O) groups is 1. The number of hydrogen-bond donors (Lipinski definition) is 2. The Balaban J connectivity index is 1.58. The average molecular weight is 649 g/mol. The lowest BCUT2D eigenvalue weighted by atomic mass is 10.2. The van der Waals surface area contributed by atoms with Gasteiger partial charge in [0.2, 0.25) is 5.91 Å². The van der Waals surface area contributed by atoms with Crippen LogP contribution in [0.25, 0.3) is 0 Å². The molecule has 0 radical (unpaired) electrons. The summed E-state index contributed by atoms with van der Waals surface area (Å²) in [4.78, 5) is 13.1. The molecular formula is C29H27Cl2N3O6S2. The van der Waals surface area contributed by atoms with Crippen LogP contribution in [-0.2, 0) is 24.8 Å². The minimum atomic E-state index is -4.23. The fraction of sp³-hybridized carbons (Fsp3) is 0.138. The third kappa shape index (κ3) is 6.99. The number of carbonyl (C=O) groups excluding carboxylic acids is 1. The number of hydrogen-bond acceptors (Lipinski definition) is 6. The number of sulfonamides is 2. The lowest BCUT2D eigenvalue weighted by molar-refractivity contribution is -0.114. The smallest absolute Gasteiger partial charge is 0.264 e. The molecule has 4 aromatic rings. The fourth-order valence-corrected chi connectivity index (χ4v) is 6.85. The van der Waals surface area contributed by atoms with E-state index >= 15 is 0 Å². The van der Waals surface area contributed by atoms with Crippen molar-refractivity contribution in [2.75, 3.05) is 28.0 Å². The largest absolute Gasteiger partial charge is 0.495 e.